The Morgan fingerprint density at radius 1 is 1.15 bits per heavy atom. The number of halogens is 1. The number of guanidine groups is 1. The quantitative estimate of drug-likeness (QED) is 0.898. The largest absolute Gasteiger partial charge is 0.369 e. The molecule has 0 saturated heterocycles. The minimum atomic E-state index is -1.09. The lowest BCUT2D eigenvalue weighted by Gasteiger charge is -2.46. The van der Waals surface area contributed by atoms with Crippen LogP contribution >= 0.6 is 0 Å². The topological polar surface area (TPSA) is 58.7 Å². The summed E-state index contributed by atoms with van der Waals surface area (Å²) in [6, 6.07) is 13.2. The van der Waals surface area contributed by atoms with Crippen molar-refractivity contribution in [1.29, 1.82) is 0 Å². The SMILES string of the molecule is Cc1ccccc1Cc1ccc(F)c([C@@]2(C)N=C(N)N(C)C(=O)C2(C)C)c1. The van der Waals surface area contributed by atoms with Crippen LogP contribution in [0.15, 0.2) is 47.5 Å². The van der Waals surface area contributed by atoms with Crippen molar-refractivity contribution in [3.63, 3.8) is 0 Å². The van der Waals surface area contributed by atoms with Gasteiger partial charge >= 0.3 is 0 Å². The average molecular weight is 367 g/mol. The highest BCUT2D eigenvalue weighted by atomic mass is 19.1. The summed E-state index contributed by atoms with van der Waals surface area (Å²) < 4.78 is 14.9. The summed E-state index contributed by atoms with van der Waals surface area (Å²) in [6.07, 6.45) is 0.684. The normalized spacial score (nSPS) is 21.9. The Balaban J connectivity index is 2.11. The Morgan fingerprint density at radius 3 is 2.48 bits per heavy atom. The van der Waals surface area contributed by atoms with Crippen LogP contribution in [-0.4, -0.2) is 23.8 Å². The number of aryl methyl sites for hydroxylation is 1. The van der Waals surface area contributed by atoms with Crippen LogP contribution in [0.4, 0.5) is 4.39 Å². The zero-order chi connectivity index (χ0) is 20.0. The zero-order valence-electron chi connectivity index (χ0n) is 16.5. The van der Waals surface area contributed by atoms with Gasteiger partial charge in [0.15, 0.2) is 5.96 Å². The fourth-order valence-electron chi connectivity index (χ4n) is 3.66. The summed E-state index contributed by atoms with van der Waals surface area (Å²) in [5, 5.41) is 0. The van der Waals surface area contributed by atoms with Gasteiger partial charge in [-0.1, -0.05) is 36.4 Å². The molecule has 0 unspecified atom stereocenters. The summed E-state index contributed by atoms with van der Waals surface area (Å²) in [7, 11) is 1.59. The average Bonchev–Trinajstić information content (AvgIpc) is 2.62. The molecule has 0 spiro atoms. The van der Waals surface area contributed by atoms with E-state index in [1.807, 2.05) is 18.2 Å². The van der Waals surface area contributed by atoms with Crippen molar-refractivity contribution in [2.24, 2.45) is 16.1 Å². The second-order valence-electron chi connectivity index (χ2n) is 7.95. The maximum Gasteiger partial charge on any atom is 0.237 e. The lowest BCUT2D eigenvalue weighted by molar-refractivity contribution is -0.140. The third-order valence-electron chi connectivity index (χ3n) is 5.95. The molecule has 0 saturated carbocycles. The van der Waals surface area contributed by atoms with Crippen molar-refractivity contribution >= 4 is 11.9 Å². The molecule has 1 aliphatic rings. The van der Waals surface area contributed by atoms with Gasteiger partial charge in [0.05, 0.1) is 5.41 Å². The number of nitrogens with two attached hydrogens (primary N) is 1. The number of carbonyl (C=O) groups is 1. The first-order valence-corrected chi connectivity index (χ1v) is 9.05. The molecule has 0 radical (unpaired) electrons. The molecule has 5 heteroatoms. The van der Waals surface area contributed by atoms with Crippen molar-refractivity contribution < 1.29 is 9.18 Å². The van der Waals surface area contributed by atoms with E-state index < -0.39 is 11.0 Å². The fourth-order valence-corrected chi connectivity index (χ4v) is 3.66. The summed E-state index contributed by atoms with van der Waals surface area (Å²) in [6.45, 7) is 7.41. The first-order valence-electron chi connectivity index (χ1n) is 9.05. The van der Waals surface area contributed by atoms with Gasteiger partial charge in [0, 0.05) is 12.6 Å². The molecular formula is C22H26FN3O. The number of benzene rings is 2. The van der Waals surface area contributed by atoms with Crippen molar-refractivity contribution in [1.82, 2.24) is 4.90 Å². The Kier molecular flexibility index (Phi) is 4.58. The van der Waals surface area contributed by atoms with Gasteiger partial charge in [-0.05, 0) is 56.9 Å². The minimum absolute atomic E-state index is 0.102. The molecule has 0 aromatic heterocycles. The van der Waals surface area contributed by atoms with Crippen LogP contribution in [0.25, 0.3) is 0 Å². The third-order valence-corrected chi connectivity index (χ3v) is 5.95. The second kappa shape index (κ2) is 6.48. The highest BCUT2D eigenvalue weighted by Crippen LogP contribution is 2.47. The van der Waals surface area contributed by atoms with Crippen LogP contribution in [-0.2, 0) is 16.8 Å². The minimum Gasteiger partial charge on any atom is -0.369 e. The predicted octanol–water partition coefficient (Wildman–Crippen LogP) is 3.75. The van der Waals surface area contributed by atoms with Crippen LogP contribution in [0, 0.1) is 18.2 Å². The Bertz CT molecular complexity index is 935. The smallest absolute Gasteiger partial charge is 0.237 e. The van der Waals surface area contributed by atoms with E-state index in [1.54, 1.807) is 33.9 Å². The van der Waals surface area contributed by atoms with Crippen LogP contribution in [0.5, 0.6) is 0 Å². The van der Waals surface area contributed by atoms with Crippen LogP contribution in [0.1, 0.15) is 43.0 Å². The standard InChI is InChI=1S/C22H26FN3O/c1-14-8-6-7-9-16(14)12-15-10-11-18(23)17(13-15)22(4)21(2,3)19(27)26(5)20(24)25-22/h6-11,13H,12H2,1-5H3,(H2,24,25)/t22-/m1/s1. The van der Waals surface area contributed by atoms with Gasteiger partial charge in [0.25, 0.3) is 0 Å². The van der Waals surface area contributed by atoms with Crippen molar-refractivity contribution in [2.45, 2.75) is 39.7 Å². The molecule has 2 aromatic rings. The molecule has 1 heterocycles. The van der Waals surface area contributed by atoms with Gasteiger partial charge in [-0.2, -0.15) is 0 Å². The predicted molar refractivity (Wildman–Crippen MR) is 106 cm³/mol. The van der Waals surface area contributed by atoms with Gasteiger partial charge in [-0.15, -0.1) is 0 Å². The van der Waals surface area contributed by atoms with Gasteiger partial charge in [0.1, 0.15) is 11.4 Å². The van der Waals surface area contributed by atoms with Crippen LogP contribution < -0.4 is 5.73 Å². The van der Waals surface area contributed by atoms with Crippen molar-refractivity contribution in [3.8, 4) is 0 Å². The van der Waals surface area contributed by atoms with E-state index >= 15 is 0 Å². The van der Waals surface area contributed by atoms with Gasteiger partial charge in [0.2, 0.25) is 5.91 Å². The fraction of sp³-hybridized carbons (Fsp3) is 0.364. The molecule has 0 fully saturated rings. The molecule has 1 aliphatic heterocycles. The molecule has 2 aromatic carbocycles. The van der Waals surface area contributed by atoms with Gasteiger partial charge in [-0.25, -0.2) is 9.38 Å². The highest BCUT2D eigenvalue weighted by molar-refractivity contribution is 6.01. The molecule has 142 valence electrons. The number of carbonyl (C=O) groups excluding carboxylic acids is 1. The maximum absolute atomic E-state index is 14.9. The summed E-state index contributed by atoms with van der Waals surface area (Å²) in [5.74, 6) is -0.459. The molecule has 0 bridgehead atoms. The highest BCUT2D eigenvalue weighted by Gasteiger charge is 2.53. The maximum atomic E-state index is 14.9. The number of aliphatic imine (C=N–C) groups is 1. The molecular weight excluding hydrogens is 341 g/mol. The summed E-state index contributed by atoms with van der Waals surface area (Å²) in [4.78, 5) is 18.7. The molecule has 0 aliphatic carbocycles. The Hall–Kier alpha value is -2.69. The van der Waals surface area contributed by atoms with Gasteiger partial charge < -0.3 is 5.73 Å². The second-order valence-corrected chi connectivity index (χ2v) is 7.95. The molecule has 2 N–H and O–H groups in total. The zero-order valence-corrected chi connectivity index (χ0v) is 16.5. The van der Waals surface area contributed by atoms with E-state index in [0.29, 0.717) is 12.0 Å². The van der Waals surface area contributed by atoms with E-state index in [9.17, 15) is 9.18 Å². The lowest BCUT2D eigenvalue weighted by Crippen LogP contribution is -2.58. The number of hydrogen-bond acceptors (Lipinski definition) is 3. The van der Waals surface area contributed by atoms with E-state index in [2.05, 4.69) is 24.0 Å². The Morgan fingerprint density at radius 2 is 1.81 bits per heavy atom. The number of hydrogen-bond donors (Lipinski definition) is 1. The van der Waals surface area contributed by atoms with Crippen molar-refractivity contribution in [3.05, 3.63) is 70.5 Å². The molecule has 1 amide bonds. The summed E-state index contributed by atoms with van der Waals surface area (Å²) >= 11 is 0. The van der Waals surface area contributed by atoms with E-state index in [-0.39, 0.29) is 17.7 Å². The third kappa shape index (κ3) is 3.01. The lowest BCUT2D eigenvalue weighted by atomic mass is 9.67. The van der Waals surface area contributed by atoms with E-state index in [4.69, 9.17) is 5.73 Å². The molecule has 27 heavy (non-hydrogen) atoms. The van der Waals surface area contributed by atoms with Crippen molar-refractivity contribution in [2.75, 3.05) is 7.05 Å². The van der Waals surface area contributed by atoms with Crippen LogP contribution in [0.3, 0.4) is 0 Å². The van der Waals surface area contributed by atoms with Crippen LogP contribution in [0.2, 0.25) is 0 Å². The Labute approximate surface area is 159 Å². The van der Waals surface area contributed by atoms with E-state index in [0.717, 1.165) is 5.56 Å². The molecule has 4 nitrogen and oxygen atoms in total. The summed E-state index contributed by atoms with van der Waals surface area (Å²) in [5.41, 5.74) is 7.67. The van der Waals surface area contributed by atoms with E-state index in [1.165, 1.54) is 22.1 Å². The number of amides is 1. The molecule has 3 rings (SSSR count). The first kappa shape index (κ1) is 19.1. The number of nitrogens with zero attached hydrogens (tertiary/aromatic N) is 2. The number of rotatable bonds is 3. The van der Waals surface area contributed by atoms with Gasteiger partial charge in [-0.3, -0.25) is 9.69 Å². The first-order chi connectivity index (χ1) is 12.6. The monoisotopic (exact) mass is 367 g/mol. The molecule has 1 atom stereocenters.